The number of aromatic nitrogens is 1. The van der Waals surface area contributed by atoms with Crippen molar-refractivity contribution in [2.24, 2.45) is 0 Å². The second-order valence-electron chi connectivity index (χ2n) is 1.28. The van der Waals surface area contributed by atoms with Crippen LogP contribution in [0.5, 0.6) is 0 Å². The van der Waals surface area contributed by atoms with Crippen molar-refractivity contribution < 1.29 is 0 Å². The van der Waals surface area contributed by atoms with E-state index >= 15 is 0 Å². The summed E-state index contributed by atoms with van der Waals surface area (Å²) < 4.78 is 4.62. The topological polar surface area (TPSA) is 12.9 Å². The maximum Gasteiger partial charge on any atom is 0.116 e. The Bertz CT molecular complexity index is 145. The Labute approximate surface area is 64.8 Å². The SMILES string of the molecule is CC.Cc1cnsc1Cl. The van der Waals surface area contributed by atoms with Crippen molar-refractivity contribution in [3.05, 3.63) is 16.1 Å². The molecular weight excluding hydrogens is 154 g/mol. The number of rotatable bonds is 0. The van der Waals surface area contributed by atoms with Gasteiger partial charge in [0.25, 0.3) is 0 Å². The lowest BCUT2D eigenvalue weighted by molar-refractivity contribution is 1.46. The van der Waals surface area contributed by atoms with E-state index in [0.717, 1.165) is 9.90 Å². The van der Waals surface area contributed by atoms with E-state index in [1.165, 1.54) is 11.5 Å². The van der Waals surface area contributed by atoms with E-state index < -0.39 is 0 Å². The lowest BCUT2D eigenvalue weighted by Crippen LogP contribution is -1.55. The average Bonchev–Trinajstić information content (AvgIpc) is 2.23. The van der Waals surface area contributed by atoms with E-state index in [2.05, 4.69) is 4.37 Å². The highest BCUT2D eigenvalue weighted by Crippen LogP contribution is 2.17. The fourth-order valence-corrected chi connectivity index (χ4v) is 0.943. The fraction of sp³-hybridized carbons (Fsp3) is 0.500. The average molecular weight is 164 g/mol. The standard InChI is InChI=1S/C4H4ClNS.C2H6/c1-3-2-6-7-4(3)5;1-2/h2H,1H3;1-2H3. The molecule has 52 valence electrons. The van der Waals surface area contributed by atoms with Gasteiger partial charge in [-0.2, -0.15) is 4.37 Å². The first-order valence-electron chi connectivity index (χ1n) is 2.87. The lowest BCUT2D eigenvalue weighted by Gasteiger charge is -1.74. The van der Waals surface area contributed by atoms with Crippen LogP contribution in [0.1, 0.15) is 19.4 Å². The second-order valence-corrected chi connectivity index (χ2v) is 2.69. The number of nitrogens with zero attached hydrogens (tertiary/aromatic N) is 1. The summed E-state index contributed by atoms with van der Waals surface area (Å²) >= 11 is 6.90. The molecule has 0 saturated heterocycles. The van der Waals surface area contributed by atoms with Gasteiger partial charge in [0.2, 0.25) is 0 Å². The molecule has 0 aliphatic rings. The minimum Gasteiger partial charge on any atom is -0.199 e. The van der Waals surface area contributed by atoms with Gasteiger partial charge in [-0.15, -0.1) is 0 Å². The van der Waals surface area contributed by atoms with Gasteiger partial charge < -0.3 is 0 Å². The highest BCUT2D eigenvalue weighted by molar-refractivity contribution is 7.10. The molecule has 0 aromatic carbocycles. The van der Waals surface area contributed by atoms with Gasteiger partial charge in [0.15, 0.2) is 0 Å². The summed E-state index contributed by atoms with van der Waals surface area (Å²) in [5.74, 6) is 0. The van der Waals surface area contributed by atoms with E-state index in [4.69, 9.17) is 11.6 Å². The Balaban J connectivity index is 0.000000291. The molecule has 0 aliphatic carbocycles. The molecule has 1 aromatic heterocycles. The van der Waals surface area contributed by atoms with Crippen LogP contribution in [0.25, 0.3) is 0 Å². The highest BCUT2D eigenvalue weighted by Gasteiger charge is 1.91. The lowest BCUT2D eigenvalue weighted by atomic mass is 10.4. The monoisotopic (exact) mass is 163 g/mol. The van der Waals surface area contributed by atoms with Crippen LogP contribution in [0.2, 0.25) is 4.34 Å². The largest absolute Gasteiger partial charge is 0.199 e. The molecule has 0 bridgehead atoms. The van der Waals surface area contributed by atoms with Crippen molar-refractivity contribution in [3.63, 3.8) is 0 Å². The summed E-state index contributed by atoms with van der Waals surface area (Å²) in [4.78, 5) is 0. The van der Waals surface area contributed by atoms with Crippen molar-refractivity contribution in [1.29, 1.82) is 0 Å². The minimum absolute atomic E-state index is 0.792. The molecule has 0 radical (unpaired) electrons. The summed E-state index contributed by atoms with van der Waals surface area (Å²) in [7, 11) is 0. The molecular formula is C6H10ClNS. The molecule has 0 unspecified atom stereocenters. The van der Waals surface area contributed by atoms with E-state index in [9.17, 15) is 0 Å². The summed E-state index contributed by atoms with van der Waals surface area (Å²) in [5.41, 5.74) is 1.06. The summed E-state index contributed by atoms with van der Waals surface area (Å²) in [6, 6.07) is 0. The Kier molecular flexibility index (Phi) is 4.72. The van der Waals surface area contributed by atoms with Gasteiger partial charge in [-0.05, 0) is 24.0 Å². The van der Waals surface area contributed by atoms with Gasteiger partial charge in [0.1, 0.15) is 4.34 Å². The molecule has 0 aliphatic heterocycles. The third kappa shape index (κ3) is 2.82. The molecule has 0 fully saturated rings. The molecule has 1 nitrogen and oxygen atoms in total. The molecule has 9 heavy (non-hydrogen) atoms. The maximum absolute atomic E-state index is 5.58. The normalized spacial score (nSPS) is 8.00. The van der Waals surface area contributed by atoms with Gasteiger partial charge in [-0.1, -0.05) is 25.4 Å². The Morgan fingerprint density at radius 3 is 2.22 bits per heavy atom. The second kappa shape index (κ2) is 4.77. The molecule has 3 heteroatoms. The molecule has 1 heterocycles. The van der Waals surface area contributed by atoms with Crippen molar-refractivity contribution >= 4 is 23.1 Å². The van der Waals surface area contributed by atoms with Crippen LogP contribution in [0.3, 0.4) is 0 Å². The van der Waals surface area contributed by atoms with Crippen LogP contribution in [0.15, 0.2) is 6.20 Å². The molecule has 0 atom stereocenters. The quantitative estimate of drug-likeness (QED) is 0.573. The predicted molar refractivity (Wildman–Crippen MR) is 43.2 cm³/mol. The Morgan fingerprint density at radius 1 is 1.56 bits per heavy atom. The maximum atomic E-state index is 5.58. The van der Waals surface area contributed by atoms with E-state index in [1.807, 2.05) is 20.8 Å². The molecule has 1 aromatic rings. The van der Waals surface area contributed by atoms with Gasteiger partial charge >= 0.3 is 0 Å². The fourth-order valence-electron chi connectivity index (χ4n) is 0.274. The van der Waals surface area contributed by atoms with Crippen LogP contribution in [-0.2, 0) is 0 Å². The van der Waals surface area contributed by atoms with Crippen molar-refractivity contribution in [2.75, 3.05) is 0 Å². The molecule has 0 N–H and O–H groups in total. The molecule has 1 rings (SSSR count). The predicted octanol–water partition coefficient (Wildman–Crippen LogP) is 3.13. The molecule has 0 saturated carbocycles. The summed E-state index contributed by atoms with van der Waals surface area (Å²) in [5, 5.41) is 0. The third-order valence-corrected chi connectivity index (χ3v) is 1.89. The minimum atomic E-state index is 0.792. The van der Waals surface area contributed by atoms with Crippen molar-refractivity contribution in [3.8, 4) is 0 Å². The van der Waals surface area contributed by atoms with E-state index in [-0.39, 0.29) is 0 Å². The van der Waals surface area contributed by atoms with E-state index in [1.54, 1.807) is 6.20 Å². The highest BCUT2D eigenvalue weighted by atomic mass is 35.5. The van der Waals surface area contributed by atoms with Crippen LogP contribution in [-0.4, -0.2) is 4.37 Å². The van der Waals surface area contributed by atoms with Gasteiger partial charge in [0.05, 0.1) is 0 Å². The molecule has 0 spiro atoms. The van der Waals surface area contributed by atoms with Gasteiger partial charge in [-0.25, -0.2) is 0 Å². The van der Waals surface area contributed by atoms with Crippen molar-refractivity contribution in [1.82, 2.24) is 4.37 Å². The van der Waals surface area contributed by atoms with Gasteiger partial charge in [-0.3, -0.25) is 0 Å². The Hall–Kier alpha value is -0.0800. The number of hydrogen-bond acceptors (Lipinski definition) is 2. The Morgan fingerprint density at radius 2 is 2.11 bits per heavy atom. The zero-order valence-corrected chi connectivity index (χ0v) is 7.38. The van der Waals surface area contributed by atoms with Crippen LogP contribution in [0, 0.1) is 6.92 Å². The number of aryl methyl sites for hydroxylation is 1. The summed E-state index contributed by atoms with van der Waals surface area (Å²) in [6.07, 6.45) is 1.76. The first kappa shape index (κ1) is 8.92. The summed E-state index contributed by atoms with van der Waals surface area (Å²) in [6.45, 7) is 5.94. The van der Waals surface area contributed by atoms with Crippen molar-refractivity contribution in [2.45, 2.75) is 20.8 Å². The third-order valence-electron chi connectivity index (χ3n) is 0.689. The smallest absolute Gasteiger partial charge is 0.116 e. The number of halogens is 1. The first-order chi connectivity index (χ1) is 4.30. The molecule has 0 amide bonds. The van der Waals surface area contributed by atoms with Crippen LogP contribution >= 0.6 is 23.1 Å². The zero-order chi connectivity index (χ0) is 7.28. The first-order valence-corrected chi connectivity index (χ1v) is 4.02. The zero-order valence-electron chi connectivity index (χ0n) is 5.81. The van der Waals surface area contributed by atoms with Crippen LogP contribution in [0.4, 0.5) is 0 Å². The van der Waals surface area contributed by atoms with Gasteiger partial charge in [0, 0.05) is 6.20 Å². The van der Waals surface area contributed by atoms with Crippen LogP contribution < -0.4 is 0 Å². The van der Waals surface area contributed by atoms with E-state index in [0.29, 0.717) is 0 Å². The number of hydrogen-bond donors (Lipinski definition) is 0.